The Kier molecular flexibility index (Phi) is 22.2. The van der Waals surface area contributed by atoms with Crippen LogP contribution in [-0.2, 0) is 14.3 Å². The van der Waals surface area contributed by atoms with Gasteiger partial charge in [0.1, 0.15) is 6.04 Å². The van der Waals surface area contributed by atoms with E-state index in [1.54, 1.807) is 18.3 Å². The molecule has 0 aromatic carbocycles. The van der Waals surface area contributed by atoms with E-state index in [1.165, 1.54) is 13.3 Å². The fourth-order valence-corrected chi connectivity index (χ4v) is 3.77. The summed E-state index contributed by atoms with van der Waals surface area (Å²) in [7, 11) is 1.30. The zero-order valence-corrected chi connectivity index (χ0v) is 25.4. The zero-order chi connectivity index (χ0) is 30.5. The molecule has 0 saturated carbocycles. The smallest absolute Gasteiger partial charge is 0.328 e. The van der Waals surface area contributed by atoms with Gasteiger partial charge in [-0.2, -0.15) is 0 Å². The molecule has 7 heteroatoms. The third-order valence-electron chi connectivity index (χ3n) is 6.09. The quantitative estimate of drug-likeness (QED) is 0.0872. The number of carbonyl (C=O) groups excluding carboxylic acids is 3. The second kappa shape index (κ2) is 25.9. The van der Waals surface area contributed by atoms with Crippen LogP contribution in [0.4, 0.5) is 0 Å². The van der Waals surface area contributed by atoms with Gasteiger partial charge in [0.05, 0.1) is 12.7 Å². The maximum Gasteiger partial charge on any atom is 0.328 e. The molecule has 228 valence electrons. The Balaban J connectivity index is 2.08. The highest BCUT2D eigenvalue weighted by Crippen LogP contribution is 2.05. The van der Waals surface area contributed by atoms with Gasteiger partial charge in [0, 0.05) is 25.4 Å². The van der Waals surface area contributed by atoms with Crippen molar-refractivity contribution in [3.63, 3.8) is 0 Å². The fourth-order valence-electron chi connectivity index (χ4n) is 3.77. The summed E-state index contributed by atoms with van der Waals surface area (Å²) >= 11 is 0. The molecule has 0 aliphatic heterocycles. The number of methoxy groups -OCH3 is 1. The van der Waals surface area contributed by atoms with Crippen LogP contribution < -0.4 is 10.6 Å². The predicted octanol–water partition coefficient (Wildman–Crippen LogP) is 7.12. The van der Waals surface area contributed by atoms with E-state index >= 15 is 0 Å². The lowest BCUT2D eigenvalue weighted by atomic mass is 10.1. The number of amides is 2. The molecule has 0 bridgehead atoms. The Morgan fingerprint density at radius 3 is 1.93 bits per heavy atom. The highest BCUT2D eigenvalue weighted by atomic mass is 16.5. The van der Waals surface area contributed by atoms with Gasteiger partial charge < -0.3 is 15.4 Å². The summed E-state index contributed by atoms with van der Waals surface area (Å²) in [5, 5.41) is 5.61. The molecule has 0 fully saturated rings. The third kappa shape index (κ3) is 20.0. The van der Waals surface area contributed by atoms with Crippen LogP contribution in [0.3, 0.4) is 0 Å². The van der Waals surface area contributed by atoms with Crippen molar-refractivity contribution in [3.8, 4) is 0 Å². The first kappa shape index (κ1) is 36.0. The van der Waals surface area contributed by atoms with Crippen LogP contribution >= 0.6 is 0 Å². The van der Waals surface area contributed by atoms with E-state index < -0.39 is 12.0 Å². The molecule has 1 rings (SSSR count). The van der Waals surface area contributed by atoms with Crippen LogP contribution in [0.2, 0.25) is 0 Å². The van der Waals surface area contributed by atoms with Crippen molar-refractivity contribution in [2.45, 2.75) is 83.6 Å². The second-order valence-corrected chi connectivity index (χ2v) is 9.59. The van der Waals surface area contributed by atoms with E-state index in [0.717, 1.165) is 38.5 Å². The summed E-state index contributed by atoms with van der Waals surface area (Å²) in [6.07, 6.45) is 37.7. The second-order valence-electron chi connectivity index (χ2n) is 9.59. The van der Waals surface area contributed by atoms with Crippen LogP contribution in [0.25, 0.3) is 0 Å². The van der Waals surface area contributed by atoms with E-state index in [2.05, 4.69) is 89.4 Å². The Hall–Kier alpha value is -4.00. The highest BCUT2D eigenvalue weighted by Gasteiger charge is 2.21. The van der Waals surface area contributed by atoms with Gasteiger partial charge in [0.2, 0.25) is 5.91 Å². The van der Waals surface area contributed by atoms with E-state index in [9.17, 15) is 14.4 Å². The van der Waals surface area contributed by atoms with Crippen molar-refractivity contribution >= 4 is 17.8 Å². The third-order valence-corrected chi connectivity index (χ3v) is 6.09. The Bertz CT molecular complexity index is 1060. The molecule has 2 N–H and O–H groups in total. The number of nitrogens with one attached hydrogen (secondary N) is 2. The Labute approximate surface area is 252 Å². The number of ether oxygens (including phenoxy) is 1. The van der Waals surface area contributed by atoms with Gasteiger partial charge >= 0.3 is 5.97 Å². The van der Waals surface area contributed by atoms with Crippen molar-refractivity contribution in [1.29, 1.82) is 0 Å². The lowest BCUT2D eigenvalue weighted by molar-refractivity contribution is -0.143. The van der Waals surface area contributed by atoms with Crippen LogP contribution in [-0.4, -0.2) is 42.5 Å². The zero-order valence-electron chi connectivity index (χ0n) is 25.4. The van der Waals surface area contributed by atoms with Crippen molar-refractivity contribution in [1.82, 2.24) is 15.6 Å². The monoisotopic (exact) mass is 575 g/mol. The van der Waals surface area contributed by atoms with E-state index in [0.29, 0.717) is 44.2 Å². The standard InChI is InChI=1S/C35H49N3O4/c1-3-4-5-6-7-8-9-10-11-12-13-14-15-16-17-18-19-20-21-27-33(39)37-29-23-22-26-32(35(41)42-2)38-34(40)31-25-24-28-36-30-31/h4-5,7-8,10-11,13-14,16-17,19-20,24-25,28,30,32H,3,6,9,12,15,18,21-23,26-27,29H2,1-2H3,(H,37,39)(H,38,40)/t32-/m0/s1. The van der Waals surface area contributed by atoms with Gasteiger partial charge in [-0.1, -0.05) is 79.8 Å². The summed E-state index contributed by atoms with van der Waals surface area (Å²) in [6, 6.07) is 2.55. The number of pyridine rings is 1. The molecule has 0 spiro atoms. The number of hydrogen-bond donors (Lipinski definition) is 2. The number of esters is 1. The maximum atomic E-state index is 12.3. The molecule has 0 saturated heterocycles. The Morgan fingerprint density at radius 1 is 0.833 bits per heavy atom. The van der Waals surface area contributed by atoms with Gasteiger partial charge in [0.15, 0.2) is 0 Å². The lowest BCUT2D eigenvalue weighted by Crippen LogP contribution is -2.41. The van der Waals surface area contributed by atoms with E-state index in [-0.39, 0.29) is 11.8 Å². The van der Waals surface area contributed by atoms with Crippen molar-refractivity contribution < 1.29 is 19.1 Å². The minimum Gasteiger partial charge on any atom is -0.467 e. The molecule has 0 aliphatic rings. The average molecular weight is 576 g/mol. The van der Waals surface area contributed by atoms with Gasteiger partial charge in [-0.3, -0.25) is 14.6 Å². The summed E-state index contributed by atoms with van der Waals surface area (Å²) in [5.41, 5.74) is 0.380. The van der Waals surface area contributed by atoms with Crippen LogP contribution in [0.15, 0.2) is 97.4 Å². The normalized spacial score (nSPS) is 12.8. The largest absolute Gasteiger partial charge is 0.467 e. The van der Waals surface area contributed by atoms with Crippen molar-refractivity contribution in [2.75, 3.05) is 13.7 Å². The van der Waals surface area contributed by atoms with E-state index in [4.69, 9.17) is 4.74 Å². The van der Waals surface area contributed by atoms with Crippen molar-refractivity contribution in [3.05, 3.63) is 103 Å². The lowest BCUT2D eigenvalue weighted by Gasteiger charge is -2.16. The summed E-state index contributed by atoms with van der Waals surface area (Å²) < 4.78 is 4.82. The highest BCUT2D eigenvalue weighted by molar-refractivity contribution is 5.96. The summed E-state index contributed by atoms with van der Waals surface area (Å²) in [5.74, 6) is -0.863. The number of carbonyl (C=O) groups is 3. The molecule has 1 atom stereocenters. The molecule has 1 heterocycles. The fraction of sp³-hybridized carbons (Fsp3) is 0.429. The van der Waals surface area contributed by atoms with Gasteiger partial charge in [-0.25, -0.2) is 4.79 Å². The molecule has 0 unspecified atom stereocenters. The molecule has 1 aromatic rings. The summed E-state index contributed by atoms with van der Waals surface area (Å²) in [6.45, 7) is 2.67. The molecule has 1 aromatic heterocycles. The first-order valence-corrected chi connectivity index (χ1v) is 15.0. The van der Waals surface area contributed by atoms with Gasteiger partial charge in [-0.05, 0) is 76.3 Å². The maximum absolute atomic E-state index is 12.3. The number of hydrogen-bond acceptors (Lipinski definition) is 5. The molecule has 0 radical (unpaired) electrons. The van der Waals surface area contributed by atoms with Crippen LogP contribution in [0.1, 0.15) is 87.9 Å². The molecular formula is C35H49N3O4. The number of nitrogens with zero attached hydrogens (tertiary/aromatic N) is 1. The first-order valence-electron chi connectivity index (χ1n) is 15.0. The molecule has 0 aliphatic carbocycles. The molecule has 2 amide bonds. The summed E-state index contributed by atoms with van der Waals surface area (Å²) in [4.78, 5) is 40.4. The minimum absolute atomic E-state index is 0.00364. The van der Waals surface area contributed by atoms with E-state index in [1.807, 2.05) is 6.08 Å². The van der Waals surface area contributed by atoms with Crippen molar-refractivity contribution in [2.24, 2.45) is 0 Å². The molecule has 7 nitrogen and oxygen atoms in total. The SMILES string of the molecule is CCC=CCC=CCC=CCC=CCC=CCC=CCCC(=O)NCCCC[C@H](NC(=O)c1cccnc1)C(=O)OC. The van der Waals surface area contributed by atoms with Gasteiger partial charge in [-0.15, -0.1) is 0 Å². The minimum atomic E-state index is -0.744. The topological polar surface area (TPSA) is 97.4 Å². The molecular weight excluding hydrogens is 526 g/mol. The number of unbranched alkanes of at least 4 members (excludes halogenated alkanes) is 1. The predicted molar refractivity (Wildman–Crippen MR) is 172 cm³/mol. The number of allylic oxidation sites excluding steroid dienone is 12. The molecule has 42 heavy (non-hydrogen) atoms. The average Bonchev–Trinajstić information content (AvgIpc) is 3.01. The van der Waals surface area contributed by atoms with Crippen LogP contribution in [0.5, 0.6) is 0 Å². The number of aromatic nitrogens is 1. The van der Waals surface area contributed by atoms with Gasteiger partial charge in [0.25, 0.3) is 5.91 Å². The van der Waals surface area contributed by atoms with Crippen LogP contribution in [0, 0.1) is 0 Å². The number of rotatable bonds is 22. The first-order chi connectivity index (χ1) is 20.6. The Morgan fingerprint density at radius 2 is 1.40 bits per heavy atom.